The van der Waals surface area contributed by atoms with Crippen LogP contribution >= 0.6 is 0 Å². The molecule has 5 unspecified atom stereocenters. The van der Waals surface area contributed by atoms with Gasteiger partial charge in [0.25, 0.3) is 0 Å². The molecule has 0 aromatic carbocycles. The molecule has 9 nitrogen and oxygen atoms in total. The third-order valence-corrected chi connectivity index (χ3v) is 8.57. The van der Waals surface area contributed by atoms with Gasteiger partial charge in [0.05, 0.1) is 0 Å². The summed E-state index contributed by atoms with van der Waals surface area (Å²) in [7, 11) is 0. The molecule has 3 rings (SSSR count). The second kappa shape index (κ2) is 11.7. The van der Waals surface area contributed by atoms with E-state index in [-0.39, 0.29) is 29.7 Å². The highest BCUT2D eigenvalue weighted by Crippen LogP contribution is 2.62. The second-order valence-corrected chi connectivity index (χ2v) is 14.9. The molecular formula is C30H52N4O5. The van der Waals surface area contributed by atoms with Crippen LogP contribution in [0.15, 0.2) is 0 Å². The van der Waals surface area contributed by atoms with Gasteiger partial charge in [0.2, 0.25) is 17.7 Å². The third kappa shape index (κ3) is 8.34. The third-order valence-electron chi connectivity index (χ3n) is 8.57. The van der Waals surface area contributed by atoms with E-state index in [0.717, 1.165) is 32.1 Å². The van der Waals surface area contributed by atoms with Crippen molar-refractivity contribution in [3.05, 3.63) is 0 Å². The van der Waals surface area contributed by atoms with E-state index >= 15 is 0 Å². The van der Waals surface area contributed by atoms with Crippen molar-refractivity contribution < 1.29 is 23.9 Å². The summed E-state index contributed by atoms with van der Waals surface area (Å²) in [5.74, 6) is 0.546. The number of amides is 4. The van der Waals surface area contributed by atoms with Crippen molar-refractivity contribution in [2.45, 2.75) is 130 Å². The number of nitrogens with one attached hydrogen (secondary N) is 2. The molecular weight excluding hydrogens is 496 g/mol. The molecule has 1 spiro atoms. The fourth-order valence-corrected chi connectivity index (χ4v) is 6.36. The summed E-state index contributed by atoms with van der Waals surface area (Å²) in [6, 6.07) is -1.86. The van der Waals surface area contributed by atoms with Crippen molar-refractivity contribution >= 4 is 23.8 Å². The lowest BCUT2D eigenvalue weighted by atomic mass is 9.80. The molecule has 2 aliphatic carbocycles. The van der Waals surface area contributed by atoms with Crippen molar-refractivity contribution in [3.63, 3.8) is 0 Å². The van der Waals surface area contributed by atoms with Crippen molar-refractivity contribution in [2.24, 2.45) is 34.3 Å². The van der Waals surface area contributed by atoms with Crippen LogP contribution in [-0.4, -0.2) is 59.0 Å². The predicted octanol–water partition coefficient (Wildman–Crippen LogP) is 4.13. The van der Waals surface area contributed by atoms with Gasteiger partial charge in [-0.3, -0.25) is 14.4 Å². The minimum Gasteiger partial charge on any atom is -0.444 e. The quantitative estimate of drug-likeness (QED) is 0.378. The summed E-state index contributed by atoms with van der Waals surface area (Å²) in [5, 5.41) is 5.90. The number of likely N-dealkylation sites (tertiary alicyclic amines) is 1. The Morgan fingerprint density at radius 2 is 1.64 bits per heavy atom. The maximum atomic E-state index is 14.2. The molecule has 9 heteroatoms. The van der Waals surface area contributed by atoms with Gasteiger partial charge < -0.3 is 26.0 Å². The van der Waals surface area contributed by atoms with Crippen LogP contribution < -0.4 is 16.4 Å². The number of ether oxygens (including phenoxy) is 1. The number of hydrogen-bond donors (Lipinski definition) is 3. The highest BCUT2D eigenvalue weighted by Gasteiger charge is 2.62. The minimum absolute atomic E-state index is 0.0799. The first-order valence-electron chi connectivity index (χ1n) is 14.8. The Kier molecular flexibility index (Phi) is 9.33. The van der Waals surface area contributed by atoms with Gasteiger partial charge in [-0.25, -0.2) is 4.79 Å². The number of nitrogens with two attached hydrogens (primary N) is 1. The summed E-state index contributed by atoms with van der Waals surface area (Å²) < 4.78 is 5.46. The smallest absolute Gasteiger partial charge is 0.408 e. The molecule has 1 aliphatic heterocycles. The summed E-state index contributed by atoms with van der Waals surface area (Å²) >= 11 is 0. The van der Waals surface area contributed by atoms with E-state index < -0.39 is 35.1 Å². The first-order chi connectivity index (χ1) is 17.9. The van der Waals surface area contributed by atoms with Gasteiger partial charge in [-0.05, 0) is 75.0 Å². The number of carbonyl (C=O) groups is 4. The molecule has 0 aromatic rings. The van der Waals surface area contributed by atoms with Crippen molar-refractivity contribution in [1.82, 2.24) is 15.5 Å². The Bertz CT molecular complexity index is 933. The lowest BCUT2D eigenvalue weighted by Crippen LogP contribution is -2.58. The van der Waals surface area contributed by atoms with Gasteiger partial charge in [0, 0.05) is 19.0 Å². The van der Waals surface area contributed by atoms with Gasteiger partial charge in [-0.15, -0.1) is 0 Å². The lowest BCUT2D eigenvalue weighted by Gasteiger charge is -2.36. The first-order valence-corrected chi connectivity index (χ1v) is 14.8. The lowest BCUT2D eigenvalue weighted by molar-refractivity contribution is -0.142. The van der Waals surface area contributed by atoms with Crippen LogP contribution in [0.1, 0.15) is 107 Å². The topological polar surface area (TPSA) is 131 Å². The number of nitrogens with zero attached hydrogens (tertiary/aromatic N) is 1. The molecule has 3 fully saturated rings. The van der Waals surface area contributed by atoms with Crippen molar-refractivity contribution in [3.8, 4) is 0 Å². The van der Waals surface area contributed by atoms with E-state index in [1.165, 1.54) is 6.42 Å². The zero-order valence-electron chi connectivity index (χ0n) is 25.4. The van der Waals surface area contributed by atoms with Crippen LogP contribution in [0, 0.1) is 28.6 Å². The second-order valence-electron chi connectivity index (χ2n) is 14.9. The summed E-state index contributed by atoms with van der Waals surface area (Å²) in [5.41, 5.74) is 4.13. The monoisotopic (exact) mass is 548 g/mol. The van der Waals surface area contributed by atoms with Crippen molar-refractivity contribution in [2.75, 3.05) is 6.54 Å². The molecule has 39 heavy (non-hydrogen) atoms. The normalized spacial score (nSPS) is 26.6. The Labute approximate surface area is 234 Å². The summed E-state index contributed by atoms with van der Waals surface area (Å²) in [4.78, 5) is 54.1. The Morgan fingerprint density at radius 1 is 1.00 bits per heavy atom. The van der Waals surface area contributed by atoms with Gasteiger partial charge >= 0.3 is 6.09 Å². The summed E-state index contributed by atoms with van der Waals surface area (Å²) in [6.07, 6.45) is 6.18. The molecule has 2 saturated carbocycles. The SMILES string of the molecule is CC(C)CC1CC12CC(C(=O)NC(CC(N)=O)CC1CCC1)N(C(=O)C(NC(=O)OC(C)(C)C)C(C)(C)C)C2. The summed E-state index contributed by atoms with van der Waals surface area (Å²) in [6.45, 7) is 15.9. The molecule has 3 aliphatic rings. The van der Waals surface area contributed by atoms with E-state index in [1.54, 1.807) is 25.7 Å². The van der Waals surface area contributed by atoms with Crippen LogP contribution in [0.2, 0.25) is 0 Å². The molecule has 5 atom stereocenters. The number of carbonyl (C=O) groups excluding carboxylic acids is 4. The van der Waals surface area contributed by atoms with Gasteiger partial charge in [0.15, 0.2) is 0 Å². The molecule has 4 amide bonds. The standard InChI is InChI=1S/C30H52N4O5/c1-18(2)12-20-15-30(20)16-22(25(36)32-21(14-23(31)35)13-19-10-9-11-19)34(17-30)26(37)24(28(3,4)5)33-27(38)39-29(6,7)8/h18-22,24H,9-17H2,1-8H3,(H2,31,35)(H,32,36)(H,33,38). The van der Waals surface area contributed by atoms with E-state index in [2.05, 4.69) is 24.5 Å². The average Bonchev–Trinajstić information content (AvgIpc) is 3.21. The number of alkyl carbamates (subject to hydrolysis) is 1. The fourth-order valence-electron chi connectivity index (χ4n) is 6.36. The number of primary amides is 1. The molecule has 0 bridgehead atoms. The maximum Gasteiger partial charge on any atom is 0.408 e. The molecule has 4 N–H and O–H groups in total. The maximum absolute atomic E-state index is 14.2. The number of rotatable bonds is 10. The van der Waals surface area contributed by atoms with Gasteiger partial charge in [0.1, 0.15) is 17.7 Å². The van der Waals surface area contributed by atoms with E-state index in [4.69, 9.17) is 10.5 Å². The molecule has 1 saturated heterocycles. The van der Waals surface area contributed by atoms with Gasteiger partial charge in [-0.1, -0.05) is 53.9 Å². The minimum atomic E-state index is -0.864. The Morgan fingerprint density at radius 3 is 2.13 bits per heavy atom. The van der Waals surface area contributed by atoms with Crippen LogP contribution in [0.3, 0.4) is 0 Å². The van der Waals surface area contributed by atoms with Crippen LogP contribution in [-0.2, 0) is 19.1 Å². The van der Waals surface area contributed by atoms with E-state index in [1.807, 2.05) is 20.8 Å². The van der Waals surface area contributed by atoms with Crippen LogP contribution in [0.25, 0.3) is 0 Å². The van der Waals surface area contributed by atoms with E-state index in [9.17, 15) is 19.2 Å². The Hall–Kier alpha value is -2.32. The fraction of sp³-hybridized carbons (Fsp3) is 0.867. The van der Waals surface area contributed by atoms with Gasteiger partial charge in [-0.2, -0.15) is 0 Å². The largest absolute Gasteiger partial charge is 0.444 e. The average molecular weight is 549 g/mol. The van der Waals surface area contributed by atoms with Crippen LogP contribution in [0.4, 0.5) is 4.79 Å². The molecule has 0 aromatic heterocycles. The molecule has 0 radical (unpaired) electrons. The molecule has 222 valence electrons. The Balaban J connectivity index is 1.83. The molecule has 1 heterocycles. The zero-order chi connectivity index (χ0) is 29.3. The van der Waals surface area contributed by atoms with E-state index in [0.29, 0.717) is 30.7 Å². The highest BCUT2D eigenvalue weighted by atomic mass is 16.6. The first kappa shape index (κ1) is 31.2. The van der Waals surface area contributed by atoms with Crippen molar-refractivity contribution in [1.29, 1.82) is 0 Å². The zero-order valence-corrected chi connectivity index (χ0v) is 25.4. The highest BCUT2D eigenvalue weighted by molar-refractivity contribution is 5.93. The van der Waals surface area contributed by atoms with Crippen LogP contribution in [0.5, 0.6) is 0 Å². The predicted molar refractivity (Wildman–Crippen MR) is 150 cm³/mol. The number of hydrogen-bond acceptors (Lipinski definition) is 5.